The van der Waals surface area contributed by atoms with Crippen molar-refractivity contribution < 1.29 is 27.1 Å². The average molecular weight is 477 g/mol. The monoisotopic (exact) mass is 476 g/mol. The Hall–Kier alpha value is -3.27. The van der Waals surface area contributed by atoms with Crippen LogP contribution in [0.25, 0.3) is 0 Å². The Balaban J connectivity index is 1.64. The highest BCUT2D eigenvalue weighted by Gasteiger charge is 2.21. The molecule has 3 aromatic carbocycles. The van der Waals surface area contributed by atoms with Gasteiger partial charge in [0.2, 0.25) is 10.0 Å². The molecule has 7 nitrogen and oxygen atoms in total. The fourth-order valence-electron chi connectivity index (χ4n) is 2.67. The summed E-state index contributed by atoms with van der Waals surface area (Å²) in [6.07, 6.45) is 0. The van der Waals surface area contributed by atoms with Gasteiger partial charge in [0.15, 0.2) is 6.61 Å². The molecule has 0 saturated heterocycles. The Morgan fingerprint density at radius 3 is 2.44 bits per heavy atom. The molecule has 166 valence electrons. The van der Waals surface area contributed by atoms with Gasteiger partial charge >= 0.3 is 5.97 Å². The van der Waals surface area contributed by atoms with Crippen molar-refractivity contribution in [2.45, 2.75) is 11.4 Å². The summed E-state index contributed by atoms with van der Waals surface area (Å²) < 4.78 is 45.8. The van der Waals surface area contributed by atoms with Crippen molar-refractivity contribution in [2.75, 3.05) is 11.9 Å². The van der Waals surface area contributed by atoms with Gasteiger partial charge in [-0.25, -0.2) is 22.3 Å². The summed E-state index contributed by atoms with van der Waals surface area (Å²) >= 11 is 6.03. The van der Waals surface area contributed by atoms with Crippen LogP contribution in [0.2, 0.25) is 5.02 Å². The first-order chi connectivity index (χ1) is 15.2. The maximum absolute atomic E-state index is 13.2. The van der Waals surface area contributed by atoms with Gasteiger partial charge in [0, 0.05) is 12.2 Å². The number of carbonyl (C=O) groups excluding carboxylic acids is 2. The quantitative estimate of drug-likeness (QED) is 0.482. The number of sulfonamides is 1. The third kappa shape index (κ3) is 6.36. The van der Waals surface area contributed by atoms with Crippen molar-refractivity contribution >= 4 is 39.2 Å². The average Bonchev–Trinajstić information content (AvgIpc) is 2.77. The van der Waals surface area contributed by atoms with Gasteiger partial charge in [-0.05, 0) is 42.0 Å². The first-order valence-corrected chi connectivity index (χ1v) is 11.2. The van der Waals surface area contributed by atoms with E-state index >= 15 is 0 Å². The first kappa shape index (κ1) is 23.4. The van der Waals surface area contributed by atoms with E-state index < -0.39 is 34.3 Å². The van der Waals surface area contributed by atoms with E-state index in [-0.39, 0.29) is 27.7 Å². The Morgan fingerprint density at radius 2 is 1.72 bits per heavy atom. The third-order valence-corrected chi connectivity index (χ3v) is 6.09. The number of nitrogens with one attached hydrogen (secondary N) is 2. The zero-order valence-corrected chi connectivity index (χ0v) is 18.1. The lowest BCUT2D eigenvalue weighted by atomic mass is 10.2. The molecule has 0 spiro atoms. The van der Waals surface area contributed by atoms with E-state index in [1.165, 1.54) is 30.3 Å². The van der Waals surface area contributed by atoms with Crippen LogP contribution in [0.1, 0.15) is 15.9 Å². The van der Waals surface area contributed by atoms with Crippen LogP contribution in [0.5, 0.6) is 0 Å². The number of ether oxygens (including phenoxy) is 1. The fourth-order valence-corrected chi connectivity index (χ4v) is 4.21. The smallest absolute Gasteiger partial charge is 0.338 e. The number of rotatable bonds is 8. The number of anilines is 1. The molecular weight excluding hydrogens is 459 g/mol. The van der Waals surface area contributed by atoms with Gasteiger partial charge in [0.25, 0.3) is 5.91 Å². The van der Waals surface area contributed by atoms with E-state index in [1.807, 2.05) is 6.07 Å². The highest BCUT2D eigenvalue weighted by Crippen LogP contribution is 2.23. The Kier molecular flexibility index (Phi) is 7.57. The molecule has 0 saturated carbocycles. The molecule has 0 fully saturated rings. The second-order valence-corrected chi connectivity index (χ2v) is 8.73. The summed E-state index contributed by atoms with van der Waals surface area (Å²) in [6.45, 7) is -0.610. The van der Waals surface area contributed by atoms with Crippen molar-refractivity contribution in [2.24, 2.45) is 0 Å². The SMILES string of the molecule is O=C(COC(=O)c1ccc(Cl)c(S(=O)(=O)NCc2ccccc2)c1)Nc1cccc(F)c1. The maximum atomic E-state index is 13.2. The van der Waals surface area contributed by atoms with Gasteiger partial charge < -0.3 is 10.1 Å². The van der Waals surface area contributed by atoms with Crippen LogP contribution < -0.4 is 10.0 Å². The lowest BCUT2D eigenvalue weighted by molar-refractivity contribution is -0.119. The van der Waals surface area contributed by atoms with Crippen molar-refractivity contribution in [3.05, 3.63) is 94.8 Å². The zero-order valence-electron chi connectivity index (χ0n) is 16.5. The second-order valence-electron chi connectivity index (χ2n) is 6.59. The minimum absolute atomic E-state index is 0.0361. The van der Waals surface area contributed by atoms with E-state index in [9.17, 15) is 22.4 Å². The van der Waals surface area contributed by atoms with Crippen LogP contribution in [0.4, 0.5) is 10.1 Å². The number of halogens is 2. The molecule has 0 unspecified atom stereocenters. The second kappa shape index (κ2) is 10.4. The zero-order chi connectivity index (χ0) is 23.1. The summed E-state index contributed by atoms with van der Waals surface area (Å²) in [6, 6.07) is 17.7. The maximum Gasteiger partial charge on any atom is 0.338 e. The van der Waals surface area contributed by atoms with Gasteiger partial charge in [-0.15, -0.1) is 0 Å². The molecule has 0 aromatic heterocycles. The van der Waals surface area contributed by atoms with Crippen LogP contribution in [0, 0.1) is 5.82 Å². The summed E-state index contributed by atoms with van der Waals surface area (Å²) in [5.41, 5.74) is 0.843. The number of benzene rings is 3. The molecule has 0 aliphatic heterocycles. The molecule has 0 heterocycles. The molecule has 0 aliphatic rings. The highest BCUT2D eigenvalue weighted by molar-refractivity contribution is 7.89. The molecule has 0 aliphatic carbocycles. The molecule has 32 heavy (non-hydrogen) atoms. The number of hydrogen-bond acceptors (Lipinski definition) is 5. The standard InChI is InChI=1S/C22H18ClFN2O5S/c23-19-10-9-16(11-20(19)32(29,30)25-13-15-5-2-1-3-6-15)22(28)31-14-21(27)26-18-8-4-7-17(24)12-18/h1-12,25H,13-14H2,(H,26,27). The Morgan fingerprint density at radius 1 is 0.969 bits per heavy atom. The number of esters is 1. The summed E-state index contributed by atoms with van der Waals surface area (Å²) in [5.74, 6) is -2.14. The topological polar surface area (TPSA) is 102 Å². The van der Waals surface area contributed by atoms with Gasteiger partial charge in [-0.1, -0.05) is 48.0 Å². The Bertz CT molecular complexity index is 1240. The number of amides is 1. The minimum Gasteiger partial charge on any atom is -0.452 e. The van der Waals surface area contributed by atoms with Crippen LogP contribution in [-0.4, -0.2) is 26.9 Å². The van der Waals surface area contributed by atoms with Crippen LogP contribution >= 0.6 is 11.6 Å². The van der Waals surface area contributed by atoms with Crippen LogP contribution in [0.15, 0.2) is 77.7 Å². The largest absolute Gasteiger partial charge is 0.452 e. The fraction of sp³-hybridized carbons (Fsp3) is 0.0909. The van der Waals surface area contributed by atoms with Gasteiger partial charge in [-0.3, -0.25) is 4.79 Å². The molecule has 1 amide bonds. The first-order valence-electron chi connectivity index (χ1n) is 9.30. The molecule has 0 bridgehead atoms. The van der Waals surface area contributed by atoms with Crippen molar-refractivity contribution in [1.82, 2.24) is 4.72 Å². The summed E-state index contributed by atoms with van der Waals surface area (Å²) in [7, 11) is -4.03. The normalized spacial score (nSPS) is 11.1. The molecule has 10 heteroatoms. The molecule has 3 rings (SSSR count). The summed E-state index contributed by atoms with van der Waals surface area (Å²) in [5, 5.41) is 2.31. The number of hydrogen-bond donors (Lipinski definition) is 2. The molecule has 0 radical (unpaired) electrons. The van der Waals surface area contributed by atoms with Crippen LogP contribution in [-0.2, 0) is 26.1 Å². The third-order valence-electron chi connectivity index (χ3n) is 4.21. The predicted molar refractivity (Wildman–Crippen MR) is 117 cm³/mol. The molecular formula is C22H18ClFN2O5S. The van der Waals surface area contributed by atoms with Gasteiger partial charge in [0.05, 0.1) is 10.6 Å². The molecule has 2 N–H and O–H groups in total. The highest BCUT2D eigenvalue weighted by atomic mass is 35.5. The van der Waals surface area contributed by atoms with E-state index in [2.05, 4.69) is 10.0 Å². The summed E-state index contributed by atoms with van der Waals surface area (Å²) in [4.78, 5) is 23.9. The lowest BCUT2D eigenvalue weighted by Crippen LogP contribution is -2.24. The Labute approximate surface area is 189 Å². The minimum atomic E-state index is -4.03. The van der Waals surface area contributed by atoms with Crippen LogP contribution in [0.3, 0.4) is 0 Å². The molecule has 3 aromatic rings. The van der Waals surface area contributed by atoms with Gasteiger partial charge in [0.1, 0.15) is 10.7 Å². The number of carbonyl (C=O) groups is 2. The molecule has 0 atom stereocenters. The lowest BCUT2D eigenvalue weighted by Gasteiger charge is -2.11. The van der Waals surface area contributed by atoms with Crippen molar-refractivity contribution in [3.8, 4) is 0 Å². The van der Waals surface area contributed by atoms with Crippen molar-refractivity contribution in [3.63, 3.8) is 0 Å². The van der Waals surface area contributed by atoms with Gasteiger partial charge in [-0.2, -0.15) is 0 Å². The predicted octanol–water partition coefficient (Wildman–Crippen LogP) is 3.75. The van der Waals surface area contributed by atoms with E-state index in [4.69, 9.17) is 16.3 Å². The van der Waals surface area contributed by atoms with E-state index in [1.54, 1.807) is 24.3 Å². The van der Waals surface area contributed by atoms with E-state index in [0.717, 1.165) is 17.7 Å². The van der Waals surface area contributed by atoms with E-state index in [0.29, 0.717) is 0 Å². The van der Waals surface area contributed by atoms with Crippen molar-refractivity contribution in [1.29, 1.82) is 0 Å².